The van der Waals surface area contributed by atoms with E-state index in [2.05, 4.69) is 66.9 Å². The van der Waals surface area contributed by atoms with Crippen molar-refractivity contribution in [3.63, 3.8) is 0 Å². The summed E-state index contributed by atoms with van der Waals surface area (Å²) in [5, 5.41) is 4.62. The average molecular weight is 296 g/mol. The van der Waals surface area contributed by atoms with Crippen molar-refractivity contribution in [2.24, 2.45) is 5.92 Å². The molecule has 0 spiro atoms. The molecule has 1 N–H and O–H groups in total. The summed E-state index contributed by atoms with van der Waals surface area (Å²) in [4.78, 5) is 0. The van der Waals surface area contributed by atoms with Crippen molar-refractivity contribution < 1.29 is 0 Å². The third-order valence-corrected chi connectivity index (χ3v) is 5.01. The van der Waals surface area contributed by atoms with Crippen molar-refractivity contribution in [2.75, 3.05) is 5.32 Å². The summed E-state index contributed by atoms with van der Waals surface area (Å²) in [6.07, 6.45) is 5.80. The molecule has 0 fully saturated rings. The van der Waals surface area contributed by atoms with Crippen molar-refractivity contribution >= 4 is 17.3 Å². The van der Waals surface area contributed by atoms with Crippen LogP contribution in [-0.2, 0) is 0 Å². The monoisotopic (exact) mass is 295 g/mol. The molecule has 0 bridgehead atoms. The second-order valence-electron chi connectivity index (χ2n) is 6.07. The second-order valence-corrected chi connectivity index (χ2v) is 6.51. The Morgan fingerprint density at radius 3 is 2.76 bits per heavy atom. The van der Waals surface area contributed by atoms with E-state index in [0.29, 0.717) is 17.9 Å². The highest BCUT2D eigenvalue weighted by atomic mass is 35.5. The summed E-state index contributed by atoms with van der Waals surface area (Å²) in [5.41, 5.74) is 5.22. The molecule has 0 radical (unpaired) electrons. The highest BCUT2D eigenvalue weighted by Crippen LogP contribution is 2.51. The maximum absolute atomic E-state index is 6.27. The summed E-state index contributed by atoms with van der Waals surface area (Å²) < 4.78 is 0. The number of hydrogen-bond donors (Lipinski definition) is 1. The maximum Gasteiger partial charge on any atom is 0.0554 e. The lowest BCUT2D eigenvalue weighted by Crippen LogP contribution is -2.29. The molecule has 4 rings (SSSR count). The van der Waals surface area contributed by atoms with E-state index in [1.165, 1.54) is 22.4 Å². The first-order valence-corrected chi connectivity index (χ1v) is 7.90. The van der Waals surface area contributed by atoms with Gasteiger partial charge in [0.2, 0.25) is 0 Å². The molecule has 3 atom stereocenters. The van der Waals surface area contributed by atoms with Gasteiger partial charge in [0, 0.05) is 16.6 Å². The quantitative estimate of drug-likeness (QED) is 0.687. The van der Waals surface area contributed by atoms with Gasteiger partial charge in [0.15, 0.2) is 0 Å². The lowest BCUT2D eigenvalue weighted by atomic mass is 9.76. The van der Waals surface area contributed by atoms with Gasteiger partial charge in [0.05, 0.1) is 6.04 Å². The van der Waals surface area contributed by atoms with Gasteiger partial charge in [-0.15, -0.1) is 0 Å². The minimum atomic E-state index is 0.374. The Hall–Kier alpha value is -1.73. The highest BCUT2D eigenvalue weighted by Gasteiger charge is 2.38. The highest BCUT2D eigenvalue weighted by molar-refractivity contribution is 6.30. The van der Waals surface area contributed by atoms with E-state index in [0.717, 1.165) is 11.4 Å². The molecule has 1 nitrogen and oxygen atoms in total. The fourth-order valence-electron chi connectivity index (χ4n) is 3.83. The van der Waals surface area contributed by atoms with Gasteiger partial charge in [-0.05, 0) is 48.1 Å². The van der Waals surface area contributed by atoms with Crippen molar-refractivity contribution in [1.29, 1.82) is 0 Å². The number of anilines is 1. The summed E-state index contributed by atoms with van der Waals surface area (Å²) in [6, 6.07) is 15.3. The van der Waals surface area contributed by atoms with Gasteiger partial charge in [-0.1, -0.05) is 54.1 Å². The van der Waals surface area contributed by atoms with Gasteiger partial charge in [0.1, 0.15) is 0 Å². The zero-order valence-corrected chi connectivity index (χ0v) is 12.8. The molecule has 106 valence electrons. The Bertz CT molecular complexity index is 705. The van der Waals surface area contributed by atoms with E-state index >= 15 is 0 Å². The van der Waals surface area contributed by atoms with Crippen LogP contribution in [0, 0.1) is 12.8 Å². The Balaban J connectivity index is 1.84. The Morgan fingerprint density at radius 1 is 1.14 bits per heavy atom. The lowest BCUT2D eigenvalue weighted by Gasteiger charge is -2.38. The van der Waals surface area contributed by atoms with Gasteiger partial charge in [-0.2, -0.15) is 0 Å². The van der Waals surface area contributed by atoms with Crippen LogP contribution >= 0.6 is 11.6 Å². The first kappa shape index (κ1) is 13.0. The predicted octanol–water partition coefficient (Wildman–Crippen LogP) is 5.47. The van der Waals surface area contributed by atoms with Crippen LogP contribution < -0.4 is 5.32 Å². The maximum atomic E-state index is 6.27. The third kappa shape index (κ3) is 2.08. The van der Waals surface area contributed by atoms with Crippen LogP contribution in [0.2, 0.25) is 5.02 Å². The summed E-state index contributed by atoms with van der Waals surface area (Å²) in [5.74, 6) is 1.06. The van der Waals surface area contributed by atoms with Gasteiger partial charge in [0.25, 0.3) is 0 Å². The molecule has 0 amide bonds. The number of allylic oxidation sites excluding steroid dienone is 2. The number of aryl methyl sites for hydroxylation is 1. The van der Waals surface area contributed by atoms with Crippen LogP contribution in [0.1, 0.15) is 35.1 Å². The van der Waals surface area contributed by atoms with Crippen LogP contribution in [0.15, 0.2) is 54.6 Å². The van der Waals surface area contributed by atoms with E-state index in [-0.39, 0.29) is 0 Å². The zero-order valence-electron chi connectivity index (χ0n) is 12.0. The minimum Gasteiger partial charge on any atom is -0.377 e. The van der Waals surface area contributed by atoms with E-state index in [9.17, 15) is 0 Å². The molecule has 2 aliphatic rings. The molecule has 2 aromatic carbocycles. The van der Waals surface area contributed by atoms with Crippen LogP contribution in [0.4, 0.5) is 5.69 Å². The molecular weight excluding hydrogens is 278 g/mol. The first-order valence-electron chi connectivity index (χ1n) is 7.52. The molecular formula is C19H18ClN. The lowest BCUT2D eigenvalue weighted by molar-refractivity contribution is 0.425. The van der Waals surface area contributed by atoms with E-state index in [1.54, 1.807) is 0 Å². The SMILES string of the molecule is Cc1cc(Cl)cc2c1N[C@H](c1ccccc1)[C@@H]1CC=C[C@@H]21. The minimum absolute atomic E-state index is 0.374. The number of halogens is 1. The first-order chi connectivity index (χ1) is 10.2. The van der Waals surface area contributed by atoms with Crippen molar-refractivity contribution in [3.8, 4) is 0 Å². The van der Waals surface area contributed by atoms with E-state index in [4.69, 9.17) is 11.6 Å². The van der Waals surface area contributed by atoms with Gasteiger partial charge >= 0.3 is 0 Å². The average Bonchev–Trinajstić information content (AvgIpc) is 2.97. The molecule has 1 aliphatic carbocycles. The van der Waals surface area contributed by atoms with E-state index < -0.39 is 0 Å². The van der Waals surface area contributed by atoms with Crippen molar-refractivity contribution in [2.45, 2.75) is 25.3 Å². The van der Waals surface area contributed by atoms with E-state index in [1.807, 2.05) is 0 Å². The Morgan fingerprint density at radius 2 is 1.95 bits per heavy atom. The zero-order chi connectivity index (χ0) is 14.4. The second kappa shape index (κ2) is 4.92. The molecule has 0 saturated heterocycles. The van der Waals surface area contributed by atoms with Crippen LogP contribution in [0.5, 0.6) is 0 Å². The normalized spacial score (nSPS) is 26.1. The van der Waals surface area contributed by atoms with Crippen LogP contribution in [0.3, 0.4) is 0 Å². The van der Waals surface area contributed by atoms with Gasteiger partial charge in [-0.25, -0.2) is 0 Å². The molecule has 21 heavy (non-hydrogen) atoms. The smallest absolute Gasteiger partial charge is 0.0554 e. The summed E-state index contributed by atoms with van der Waals surface area (Å²) in [6.45, 7) is 2.14. The largest absolute Gasteiger partial charge is 0.377 e. The molecule has 1 heterocycles. The van der Waals surface area contributed by atoms with Gasteiger partial charge in [-0.3, -0.25) is 0 Å². The molecule has 0 saturated carbocycles. The van der Waals surface area contributed by atoms with Crippen molar-refractivity contribution in [3.05, 3.63) is 76.3 Å². The van der Waals surface area contributed by atoms with Crippen LogP contribution in [0.25, 0.3) is 0 Å². The third-order valence-electron chi connectivity index (χ3n) is 4.79. The number of benzene rings is 2. The molecule has 2 heteroatoms. The molecule has 1 aliphatic heterocycles. The number of rotatable bonds is 1. The Kier molecular flexibility index (Phi) is 3.04. The fourth-order valence-corrected chi connectivity index (χ4v) is 4.11. The Labute approximate surface area is 130 Å². The van der Waals surface area contributed by atoms with Crippen LogP contribution in [-0.4, -0.2) is 0 Å². The standard InChI is InChI=1S/C19H18ClN/c1-12-10-14(20)11-17-15-8-5-9-16(15)19(21-18(12)17)13-6-3-2-4-7-13/h2-8,10-11,15-16,19,21H,9H2,1H3/t15-,16-,19-/m1/s1. The summed E-state index contributed by atoms with van der Waals surface area (Å²) >= 11 is 6.27. The van der Waals surface area contributed by atoms with Gasteiger partial charge < -0.3 is 5.32 Å². The molecule has 0 unspecified atom stereocenters. The summed E-state index contributed by atoms with van der Waals surface area (Å²) in [7, 11) is 0. The molecule has 2 aromatic rings. The number of nitrogens with one attached hydrogen (secondary N) is 1. The molecule has 0 aromatic heterocycles. The topological polar surface area (TPSA) is 12.0 Å². The fraction of sp³-hybridized carbons (Fsp3) is 0.263. The number of fused-ring (bicyclic) bond motifs is 3. The predicted molar refractivity (Wildman–Crippen MR) is 89.0 cm³/mol. The number of hydrogen-bond acceptors (Lipinski definition) is 1. The van der Waals surface area contributed by atoms with Crippen molar-refractivity contribution in [1.82, 2.24) is 0 Å².